The average Bonchev–Trinajstić information content (AvgIpc) is 3.15. The minimum atomic E-state index is -0.459. The molecule has 2 aromatic heterocycles. The molecule has 8 heteroatoms. The highest BCUT2D eigenvalue weighted by atomic mass is 32.2. The minimum Gasteiger partial charge on any atom is -0.325 e. The van der Waals surface area contributed by atoms with Crippen molar-refractivity contribution in [1.29, 1.82) is 0 Å². The van der Waals surface area contributed by atoms with E-state index < -0.39 is 5.25 Å². The van der Waals surface area contributed by atoms with Crippen LogP contribution in [0.3, 0.4) is 0 Å². The van der Waals surface area contributed by atoms with E-state index in [-0.39, 0.29) is 11.5 Å². The fraction of sp³-hybridized carbons (Fsp3) is 0.182. The first-order valence-corrected chi connectivity index (χ1v) is 10.4. The molecular weight excluding hydrogens is 398 g/mol. The van der Waals surface area contributed by atoms with Crippen molar-refractivity contribution >= 4 is 34.4 Å². The van der Waals surface area contributed by atoms with Crippen LogP contribution in [0.25, 0.3) is 16.7 Å². The number of hydrogen-bond donors (Lipinski definition) is 2. The molecule has 0 bridgehead atoms. The van der Waals surface area contributed by atoms with Gasteiger partial charge in [-0.15, -0.1) is 0 Å². The van der Waals surface area contributed by atoms with Gasteiger partial charge in [0.25, 0.3) is 5.56 Å². The van der Waals surface area contributed by atoms with Gasteiger partial charge in [0.1, 0.15) is 5.39 Å². The number of amides is 1. The molecule has 1 atom stereocenters. The molecule has 1 amide bonds. The van der Waals surface area contributed by atoms with Gasteiger partial charge in [0, 0.05) is 5.69 Å². The lowest BCUT2D eigenvalue weighted by atomic mass is 10.1. The standard InChI is InChI=1S/C22H21N5O2S/c1-13-9-10-18(14(2)11-13)24-20(28)15(3)30-22-25-19-17(21(29)26-22)12-23-27(19)16-7-5-4-6-8-16/h4-12,15H,1-3H3,(H,24,28)(H,25,26,29). The van der Waals surface area contributed by atoms with Gasteiger partial charge >= 0.3 is 0 Å². The third-order valence-electron chi connectivity index (χ3n) is 4.71. The maximum Gasteiger partial charge on any atom is 0.262 e. The van der Waals surface area contributed by atoms with Gasteiger partial charge in [-0.2, -0.15) is 5.10 Å². The number of thioether (sulfide) groups is 1. The molecule has 7 nitrogen and oxygen atoms in total. The molecule has 0 saturated heterocycles. The Kier molecular flexibility index (Phi) is 5.41. The monoisotopic (exact) mass is 419 g/mol. The molecule has 1 unspecified atom stereocenters. The zero-order valence-electron chi connectivity index (χ0n) is 16.8. The molecule has 0 saturated carbocycles. The quantitative estimate of drug-likeness (QED) is 0.379. The first-order valence-electron chi connectivity index (χ1n) is 9.50. The van der Waals surface area contributed by atoms with Gasteiger partial charge in [0.2, 0.25) is 5.91 Å². The maximum absolute atomic E-state index is 12.7. The number of rotatable bonds is 5. The van der Waals surface area contributed by atoms with Crippen molar-refractivity contribution in [2.75, 3.05) is 5.32 Å². The van der Waals surface area contributed by atoms with Gasteiger partial charge < -0.3 is 10.3 Å². The Morgan fingerprint density at radius 2 is 1.93 bits per heavy atom. The van der Waals surface area contributed by atoms with Crippen LogP contribution < -0.4 is 10.9 Å². The minimum absolute atomic E-state index is 0.161. The SMILES string of the molecule is Cc1ccc(NC(=O)C(C)Sc2nc3c(cnn3-c3ccccc3)c(=O)[nH]2)c(C)c1. The van der Waals surface area contributed by atoms with Gasteiger partial charge in [-0.1, -0.05) is 47.7 Å². The summed E-state index contributed by atoms with van der Waals surface area (Å²) in [6.07, 6.45) is 1.50. The molecule has 0 spiro atoms. The van der Waals surface area contributed by atoms with Gasteiger partial charge in [-0.05, 0) is 44.5 Å². The highest BCUT2D eigenvalue weighted by Gasteiger charge is 2.19. The first-order chi connectivity index (χ1) is 14.4. The van der Waals surface area contributed by atoms with E-state index in [0.29, 0.717) is 16.2 Å². The predicted octanol–water partition coefficient (Wildman–Crippen LogP) is 3.84. The van der Waals surface area contributed by atoms with Crippen LogP contribution in [0.5, 0.6) is 0 Å². The molecule has 30 heavy (non-hydrogen) atoms. The number of nitrogens with zero attached hydrogens (tertiary/aromatic N) is 3. The van der Waals surface area contributed by atoms with E-state index in [1.165, 1.54) is 18.0 Å². The second-order valence-electron chi connectivity index (χ2n) is 7.07. The van der Waals surface area contributed by atoms with Crippen LogP contribution in [0.15, 0.2) is 64.7 Å². The van der Waals surface area contributed by atoms with Crippen molar-refractivity contribution in [3.8, 4) is 5.69 Å². The molecule has 0 aliphatic carbocycles. The van der Waals surface area contributed by atoms with Crippen molar-refractivity contribution in [3.05, 3.63) is 76.2 Å². The number of hydrogen-bond acceptors (Lipinski definition) is 5. The van der Waals surface area contributed by atoms with Gasteiger partial charge in [0.15, 0.2) is 10.8 Å². The van der Waals surface area contributed by atoms with Gasteiger partial charge in [-0.25, -0.2) is 9.67 Å². The van der Waals surface area contributed by atoms with E-state index in [2.05, 4.69) is 20.4 Å². The number of carbonyl (C=O) groups excluding carboxylic acids is 1. The van der Waals surface area contributed by atoms with Gasteiger partial charge in [-0.3, -0.25) is 9.59 Å². The molecule has 0 aliphatic heterocycles. The molecule has 4 aromatic rings. The van der Waals surface area contributed by atoms with Crippen molar-refractivity contribution in [1.82, 2.24) is 19.7 Å². The summed E-state index contributed by atoms with van der Waals surface area (Å²) in [6.45, 7) is 5.75. The largest absolute Gasteiger partial charge is 0.325 e. The first kappa shape index (κ1) is 19.9. The van der Waals surface area contributed by atoms with E-state index in [1.807, 2.05) is 62.4 Å². The zero-order valence-corrected chi connectivity index (χ0v) is 17.7. The summed E-state index contributed by atoms with van der Waals surface area (Å²) in [7, 11) is 0. The molecule has 0 aliphatic rings. The summed E-state index contributed by atoms with van der Waals surface area (Å²) in [5.41, 5.74) is 3.89. The number of aryl methyl sites for hydroxylation is 2. The summed E-state index contributed by atoms with van der Waals surface area (Å²) in [6, 6.07) is 15.3. The number of anilines is 1. The number of fused-ring (bicyclic) bond motifs is 1. The van der Waals surface area contributed by atoms with E-state index >= 15 is 0 Å². The zero-order chi connectivity index (χ0) is 21.3. The van der Waals surface area contributed by atoms with Crippen LogP contribution in [0, 0.1) is 13.8 Å². The van der Waals surface area contributed by atoms with Crippen molar-refractivity contribution in [3.63, 3.8) is 0 Å². The molecule has 152 valence electrons. The van der Waals surface area contributed by atoms with Crippen LogP contribution in [-0.4, -0.2) is 30.9 Å². The van der Waals surface area contributed by atoms with E-state index in [1.54, 1.807) is 11.6 Å². The lowest BCUT2D eigenvalue weighted by Gasteiger charge is -2.13. The number of H-pyrrole nitrogens is 1. The smallest absolute Gasteiger partial charge is 0.262 e. The summed E-state index contributed by atoms with van der Waals surface area (Å²) < 4.78 is 1.62. The fourth-order valence-corrected chi connectivity index (χ4v) is 3.91. The van der Waals surface area contributed by atoms with E-state index in [0.717, 1.165) is 22.5 Å². The lowest BCUT2D eigenvalue weighted by Crippen LogP contribution is -2.23. The van der Waals surface area contributed by atoms with Gasteiger partial charge in [0.05, 0.1) is 17.1 Å². The molecular formula is C22H21N5O2S. The Balaban J connectivity index is 1.58. The summed E-state index contributed by atoms with van der Waals surface area (Å²) >= 11 is 1.20. The number of aromatic nitrogens is 4. The predicted molar refractivity (Wildman–Crippen MR) is 119 cm³/mol. The van der Waals surface area contributed by atoms with Crippen molar-refractivity contribution in [2.45, 2.75) is 31.2 Å². The Bertz CT molecular complexity index is 1280. The normalized spacial score (nSPS) is 12.1. The second-order valence-corrected chi connectivity index (χ2v) is 8.40. The summed E-state index contributed by atoms with van der Waals surface area (Å²) in [5, 5.41) is 7.55. The highest BCUT2D eigenvalue weighted by Crippen LogP contribution is 2.23. The van der Waals surface area contributed by atoms with Crippen molar-refractivity contribution < 1.29 is 4.79 Å². The summed E-state index contributed by atoms with van der Waals surface area (Å²) in [5.74, 6) is -0.161. The molecule has 2 heterocycles. The number of carbonyl (C=O) groups is 1. The van der Waals surface area contributed by atoms with Crippen molar-refractivity contribution in [2.24, 2.45) is 0 Å². The second kappa shape index (κ2) is 8.16. The molecule has 0 fully saturated rings. The van der Waals surface area contributed by atoms with E-state index in [4.69, 9.17) is 0 Å². The Morgan fingerprint density at radius 3 is 2.67 bits per heavy atom. The van der Waals surface area contributed by atoms with Crippen LogP contribution in [-0.2, 0) is 4.79 Å². The van der Waals surface area contributed by atoms with Crippen LogP contribution in [0.1, 0.15) is 18.1 Å². The highest BCUT2D eigenvalue weighted by molar-refractivity contribution is 8.00. The third kappa shape index (κ3) is 3.99. The Morgan fingerprint density at radius 1 is 1.17 bits per heavy atom. The maximum atomic E-state index is 12.7. The number of nitrogens with one attached hydrogen (secondary N) is 2. The van der Waals surface area contributed by atoms with Crippen LogP contribution in [0.4, 0.5) is 5.69 Å². The average molecular weight is 420 g/mol. The van der Waals surface area contributed by atoms with Crippen LogP contribution >= 0.6 is 11.8 Å². The summed E-state index contributed by atoms with van der Waals surface area (Å²) in [4.78, 5) is 32.5. The molecule has 2 aromatic carbocycles. The number of benzene rings is 2. The molecule has 2 N–H and O–H groups in total. The van der Waals surface area contributed by atoms with E-state index in [9.17, 15) is 9.59 Å². The molecule has 4 rings (SSSR count). The topological polar surface area (TPSA) is 92.7 Å². The Hall–Kier alpha value is -3.39. The third-order valence-corrected chi connectivity index (χ3v) is 5.70. The number of aromatic amines is 1. The number of para-hydroxylation sites is 1. The molecule has 0 radical (unpaired) electrons. The lowest BCUT2D eigenvalue weighted by molar-refractivity contribution is -0.115. The van der Waals surface area contributed by atoms with Crippen LogP contribution in [0.2, 0.25) is 0 Å². The fourth-order valence-electron chi connectivity index (χ4n) is 3.12. The Labute approximate surface area is 177 Å².